The number of anilines is 1. The molecule has 90 valence electrons. The number of oxazole rings is 1. The van der Waals surface area contributed by atoms with Gasteiger partial charge in [-0.3, -0.25) is 0 Å². The van der Waals surface area contributed by atoms with Crippen molar-refractivity contribution in [2.45, 2.75) is 6.42 Å². The summed E-state index contributed by atoms with van der Waals surface area (Å²) in [5.74, 6) is 0.706. The molecule has 0 fully saturated rings. The number of nitrogens with two attached hydrogens (primary N) is 1. The fourth-order valence-corrected chi connectivity index (χ4v) is 2.11. The minimum absolute atomic E-state index is 0.682. The number of nitrogen functional groups attached to an aromatic ring is 1. The van der Waals surface area contributed by atoms with Gasteiger partial charge < -0.3 is 10.2 Å². The first-order valence-electron chi connectivity index (χ1n) is 5.60. The van der Waals surface area contributed by atoms with E-state index in [9.17, 15) is 0 Å². The van der Waals surface area contributed by atoms with Gasteiger partial charge in [-0.2, -0.15) is 0 Å². The van der Waals surface area contributed by atoms with E-state index in [0.717, 1.165) is 21.1 Å². The number of rotatable bonds is 2. The number of hydrogen-bond donors (Lipinski definition) is 1. The van der Waals surface area contributed by atoms with E-state index in [4.69, 9.17) is 10.2 Å². The van der Waals surface area contributed by atoms with Gasteiger partial charge in [0.05, 0.1) is 0 Å². The van der Waals surface area contributed by atoms with Crippen LogP contribution in [0.3, 0.4) is 0 Å². The molecule has 0 saturated heterocycles. The molecule has 0 unspecified atom stereocenters. The summed E-state index contributed by atoms with van der Waals surface area (Å²) in [5, 5.41) is 0. The third-order valence-corrected chi connectivity index (χ3v) is 3.25. The average Bonchev–Trinajstić information content (AvgIpc) is 2.73. The molecule has 1 heterocycles. The van der Waals surface area contributed by atoms with Gasteiger partial charge in [-0.05, 0) is 29.8 Å². The molecule has 0 aliphatic heterocycles. The third-order valence-electron chi connectivity index (χ3n) is 2.73. The van der Waals surface area contributed by atoms with Crippen molar-refractivity contribution >= 4 is 32.7 Å². The van der Waals surface area contributed by atoms with Gasteiger partial charge in [0.2, 0.25) is 0 Å². The van der Waals surface area contributed by atoms with Crippen molar-refractivity contribution in [1.82, 2.24) is 4.98 Å². The van der Waals surface area contributed by atoms with E-state index in [2.05, 4.69) is 20.9 Å². The summed E-state index contributed by atoms with van der Waals surface area (Å²) < 4.78 is 6.75. The molecule has 0 saturated carbocycles. The molecular weight excluding hydrogens is 292 g/mol. The van der Waals surface area contributed by atoms with Crippen LogP contribution in [0.15, 0.2) is 51.4 Å². The molecule has 0 atom stereocenters. The lowest BCUT2D eigenvalue weighted by molar-refractivity contribution is 0.544. The van der Waals surface area contributed by atoms with Gasteiger partial charge in [-0.1, -0.05) is 28.1 Å². The highest BCUT2D eigenvalue weighted by molar-refractivity contribution is 9.10. The largest absolute Gasteiger partial charge is 0.440 e. The van der Waals surface area contributed by atoms with Crippen LogP contribution >= 0.6 is 15.9 Å². The van der Waals surface area contributed by atoms with Crippen LogP contribution in [0.4, 0.5) is 5.69 Å². The van der Waals surface area contributed by atoms with Crippen LogP contribution in [0, 0.1) is 0 Å². The number of hydrogen-bond acceptors (Lipinski definition) is 3. The molecule has 3 aromatic rings. The van der Waals surface area contributed by atoms with Crippen LogP contribution in [0.1, 0.15) is 11.5 Å². The predicted octanol–water partition coefficient (Wildman–Crippen LogP) is 3.76. The molecule has 0 aliphatic rings. The van der Waals surface area contributed by atoms with Crippen LogP contribution in [0.2, 0.25) is 0 Å². The Morgan fingerprint density at radius 3 is 2.67 bits per heavy atom. The molecule has 2 aromatic carbocycles. The Kier molecular flexibility index (Phi) is 2.80. The van der Waals surface area contributed by atoms with E-state index in [1.54, 1.807) is 6.07 Å². The second-order valence-electron chi connectivity index (χ2n) is 4.14. The minimum Gasteiger partial charge on any atom is -0.440 e. The van der Waals surface area contributed by atoms with E-state index >= 15 is 0 Å². The Hall–Kier alpha value is -1.81. The summed E-state index contributed by atoms with van der Waals surface area (Å²) in [6.07, 6.45) is 0.682. The quantitative estimate of drug-likeness (QED) is 0.733. The number of aromatic nitrogens is 1. The summed E-state index contributed by atoms with van der Waals surface area (Å²) in [6, 6.07) is 13.6. The summed E-state index contributed by atoms with van der Waals surface area (Å²) >= 11 is 3.41. The highest BCUT2D eigenvalue weighted by Gasteiger charge is 2.06. The van der Waals surface area contributed by atoms with Gasteiger partial charge in [0.15, 0.2) is 11.5 Å². The first kappa shape index (κ1) is 11.3. The molecule has 0 spiro atoms. The zero-order chi connectivity index (χ0) is 12.5. The lowest BCUT2D eigenvalue weighted by atomic mass is 10.1. The standard InChI is InChI=1S/C14H11BrN2O/c15-10-3-1-9(2-4-10)7-14-17-12-6-5-11(16)8-13(12)18-14/h1-6,8H,7,16H2. The molecule has 3 rings (SSSR count). The van der Waals surface area contributed by atoms with E-state index in [-0.39, 0.29) is 0 Å². The maximum absolute atomic E-state index is 5.71. The van der Waals surface area contributed by atoms with Gasteiger partial charge in [0, 0.05) is 22.6 Å². The SMILES string of the molecule is Nc1ccc2nc(Cc3ccc(Br)cc3)oc2c1. The van der Waals surface area contributed by atoms with Gasteiger partial charge >= 0.3 is 0 Å². The Morgan fingerprint density at radius 1 is 1.11 bits per heavy atom. The summed E-state index contributed by atoms with van der Waals surface area (Å²) in [6.45, 7) is 0. The third kappa shape index (κ3) is 2.24. The number of fused-ring (bicyclic) bond motifs is 1. The molecule has 0 aliphatic carbocycles. The van der Waals surface area contributed by atoms with Crippen molar-refractivity contribution in [1.29, 1.82) is 0 Å². The lowest BCUT2D eigenvalue weighted by Crippen LogP contribution is -1.87. The fraction of sp³-hybridized carbons (Fsp3) is 0.0714. The van der Waals surface area contributed by atoms with E-state index < -0.39 is 0 Å². The van der Waals surface area contributed by atoms with Crippen molar-refractivity contribution in [3.05, 3.63) is 58.4 Å². The smallest absolute Gasteiger partial charge is 0.199 e. The first-order chi connectivity index (χ1) is 8.70. The Labute approximate surface area is 113 Å². The lowest BCUT2D eigenvalue weighted by Gasteiger charge is -1.96. The van der Waals surface area contributed by atoms with Gasteiger partial charge in [-0.15, -0.1) is 0 Å². The molecule has 0 amide bonds. The zero-order valence-electron chi connectivity index (χ0n) is 9.56. The van der Waals surface area contributed by atoms with Crippen molar-refractivity contribution in [2.75, 3.05) is 5.73 Å². The summed E-state index contributed by atoms with van der Waals surface area (Å²) in [5.41, 5.74) is 9.14. The average molecular weight is 303 g/mol. The molecule has 1 aromatic heterocycles. The zero-order valence-corrected chi connectivity index (χ0v) is 11.1. The molecule has 4 heteroatoms. The number of nitrogens with zero attached hydrogens (tertiary/aromatic N) is 1. The van der Waals surface area contributed by atoms with Crippen LogP contribution in [-0.4, -0.2) is 4.98 Å². The summed E-state index contributed by atoms with van der Waals surface area (Å²) in [4.78, 5) is 4.44. The van der Waals surface area contributed by atoms with Crippen molar-refractivity contribution < 1.29 is 4.42 Å². The van der Waals surface area contributed by atoms with Gasteiger partial charge in [0.1, 0.15) is 5.52 Å². The molecule has 2 N–H and O–H groups in total. The second-order valence-corrected chi connectivity index (χ2v) is 5.05. The van der Waals surface area contributed by atoms with Crippen molar-refractivity contribution in [3.63, 3.8) is 0 Å². The highest BCUT2D eigenvalue weighted by atomic mass is 79.9. The van der Waals surface area contributed by atoms with Crippen molar-refractivity contribution in [2.24, 2.45) is 0 Å². The molecule has 0 bridgehead atoms. The van der Waals surface area contributed by atoms with Gasteiger partial charge in [0.25, 0.3) is 0 Å². The molecule has 3 nitrogen and oxygen atoms in total. The fourth-order valence-electron chi connectivity index (χ4n) is 1.84. The van der Waals surface area contributed by atoms with E-state index in [1.165, 1.54) is 0 Å². The van der Waals surface area contributed by atoms with Crippen LogP contribution < -0.4 is 5.73 Å². The van der Waals surface area contributed by atoms with Gasteiger partial charge in [-0.25, -0.2) is 4.98 Å². The van der Waals surface area contributed by atoms with Crippen molar-refractivity contribution in [3.8, 4) is 0 Å². The predicted molar refractivity (Wildman–Crippen MR) is 75.4 cm³/mol. The molecule has 18 heavy (non-hydrogen) atoms. The first-order valence-corrected chi connectivity index (χ1v) is 6.39. The van der Waals surface area contributed by atoms with Crippen LogP contribution in [0.25, 0.3) is 11.1 Å². The maximum Gasteiger partial charge on any atom is 0.199 e. The molecule has 0 radical (unpaired) electrons. The topological polar surface area (TPSA) is 52.0 Å². The van der Waals surface area contributed by atoms with Crippen LogP contribution in [-0.2, 0) is 6.42 Å². The van der Waals surface area contributed by atoms with Crippen LogP contribution in [0.5, 0.6) is 0 Å². The maximum atomic E-state index is 5.71. The normalized spacial score (nSPS) is 10.9. The van der Waals surface area contributed by atoms with E-state index in [1.807, 2.05) is 36.4 Å². The number of halogens is 1. The van der Waals surface area contributed by atoms with E-state index in [0.29, 0.717) is 18.0 Å². The second kappa shape index (κ2) is 4.46. The highest BCUT2D eigenvalue weighted by Crippen LogP contribution is 2.20. The summed E-state index contributed by atoms with van der Waals surface area (Å²) in [7, 11) is 0. The minimum atomic E-state index is 0.682. The molecular formula is C14H11BrN2O. The Bertz CT molecular complexity index is 689. The monoisotopic (exact) mass is 302 g/mol. The Balaban J connectivity index is 1.92. The Morgan fingerprint density at radius 2 is 1.89 bits per heavy atom. The number of benzene rings is 2.